The van der Waals surface area contributed by atoms with Crippen molar-refractivity contribution in [2.24, 2.45) is 45.8 Å². The number of aromatic hydroxyl groups is 1. The van der Waals surface area contributed by atoms with Crippen LogP contribution in [0.5, 0.6) is 5.75 Å². The Morgan fingerprint density at radius 2 is 1.37 bits per heavy atom. The fourth-order valence-corrected chi connectivity index (χ4v) is 12.1. The number of rotatable bonds is 0. The predicted octanol–water partition coefficient (Wildman–Crippen LogP) is 7.49. The van der Waals surface area contributed by atoms with Gasteiger partial charge in [-0.3, -0.25) is 4.79 Å². The fraction of sp³-hybridized carbons (Fsp3) is 0.757. The highest BCUT2D eigenvalue weighted by Crippen LogP contribution is 2.65. The molecule has 4 nitrogen and oxygen atoms in total. The van der Waals surface area contributed by atoms with Gasteiger partial charge in [-0.15, -0.1) is 0 Å². The van der Waals surface area contributed by atoms with E-state index < -0.39 is 0 Å². The van der Waals surface area contributed by atoms with Gasteiger partial charge in [-0.25, -0.2) is 0 Å². The highest BCUT2D eigenvalue weighted by atomic mass is 16.3. The lowest BCUT2D eigenvalue weighted by molar-refractivity contribution is -0.118. The number of phenolic OH excluding ortho intramolecular Hbond substituents is 1. The van der Waals surface area contributed by atoms with E-state index in [1.807, 2.05) is 18.2 Å². The van der Waals surface area contributed by atoms with Gasteiger partial charge in [0.15, 0.2) is 5.78 Å². The summed E-state index contributed by atoms with van der Waals surface area (Å²) in [5, 5.41) is 30.5. The van der Waals surface area contributed by atoms with Crippen molar-refractivity contribution in [1.29, 1.82) is 0 Å². The molecular formula is C37H52O4. The first-order valence-electron chi connectivity index (χ1n) is 17.0. The van der Waals surface area contributed by atoms with Crippen LogP contribution in [-0.4, -0.2) is 33.3 Å². The van der Waals surface area contributed by atoms with Crippen LogP contribution in [0.2, 0.25) is 0 Å². The van der Waals surface area contributed by atoms with E-state index in [0.717, 1.165) is 62.7 Å². The minimum absolute atomic E-state index is 0.0823. The quantitative estimate of drug-likeness (QED) is 0.307. The minimum Gasteiger partial charge on any atom is -0.508 e. The summed E-state index contributed by atoms with van der Waals surface area (Å²) in [6.07, 6.45) is 17.5. The van der Waals surface area contributed by atoms with Crippen molar-refractivity contribution in [1.82, 2.24) is 0 Å². The maximum Gasteiger partial charge on any atom is 0.155 e. The van der Waals surface area contributed by atoms with Gasteiger partial charge in [0.2, 0.25) is 0 Å². The van der Waals surface area contributed by atoms with Gasteiger partial charge >= 0.3 is 0 Å². The lowest BCUT2D eigenvalue weighted by atomic mass is 9.47. The summed E-state index contributed by atoms with van der Waals surface area (Å²) in [4.78, 5) is 11.8. The number of aliphatic hydroxyl groups excluding tert-OH is 2. The molecule has 5 fully saturated rings. The molecule has 9 unspecified atom stereocenters. The maximum absolute atomic E-state index is 11.8. The molecule has 8 rings (SSSR count). The molecule has 224 valence electrons. The first kappa shape index (κ1) is 28.1. The van der Waals surface area contributed by atoms with Gasteiger partial charge in [0.1, 0.15) is 5.75 Å². The van der Waals surface area contributed by atoms with E-state index in [1.165, 1.54) is 61.6 Å². The molecule has 0 spiro atoms. The largest absolute Gasteiger partial charge is 0.508 e. The Morgan fingerprint density at radius 3 is 2.10 bits per heavy atom. The van der Waals surface area contributed by atoms with Gasteiger partial charge in [0.05, 0.1) is 12.2 Å². The molecule has 0 heterocycles. The SMILES string of the molecule is CC12CCC(=O)C=C1CCC1C2CCC2(C)C(O)CCC12.C[C@]12CCC3c4ccc(O)cc4CCC3C1CC[C@@H]2O. The number of fused-ring (bicyclic) bond motifs is 10. The first-order valence-corrected chi connectivity index (χ1v) is 17.0. The lowest BCUT2D eigenvalue weighted by Crippen LogP contribution is -2.51. The molecule has 0 radical (unpaired) electrons. The Kier molecular flexibility index (Phi) is 6.82. The smallest absolute Gasteiger partial charge is 0.155 e. The molecule has 5 saturated carbocycles. The van der Waals surface area contributed by atoms with Crippen LogP contribution in [-0.2, 0) is 11.2 Å². The third kappa shape index (κ3) is 4.24. The standard InChI is InChI=1S/C19H28O2.C18H24O2/c1-18-9-7-13(20)11-12(18)3-4-14-15-5-6-17(21)19(15,2)10-8-16(14)18;1-18-9-8-14-13-5-3-12(19)10-11(13)2-4-15(14)16(18)6-7-17(18)20/h11,14-17,21H,3-10H2,1-2H3;3,5,10,14-17,19-20H,2,4,6-9H2,1H3/t;14?,15?,16?,17-,18-/m.0/s1. The lowest BCUT2D eigenvalue weighted by Gasteiger charge is -2.57. The van der Waals surface area contributed by atoms with Crippen LogP contribution in [0.15, 0.2) is 29.8 Å². The summed E-state index contributed by atoms with van der Waals surface area (Å²) in [7, 11) is 0. The Balaban J connectivity index is 0.000000135. The third-order valence-corrected chi connectivity index (χ3v) is 14.6. The maximum atomic E-state index is 11.8. The second-order valence-electron chi connectivity index (χ2n) is 16.0. The molecule has 7 aliphatic rings. The number of ketones is 1. The molecule has 0 saturated heterocycles. The highest BCUT2D eigenvalue weighted by Gasteiger charge is 2.59. The first-order chi connectivity index (χ1) is 19.5. The van der Waals surface area contributed by atoms with Crippen LogP contribution >= 0.6 is 0 Å². The molecule has 0 aromatic heterocycles. The second-order valence-corrected chi connectivity index (χ2v) is 16.0. The summed E-state index contributed by atoms with van der Waals surface area (Å²) in [6, 6.07) is 5.96. The van der Waals surface area contributed by atoms with E-state index in [4.69, 9.17) is 0 Å². The molecule has 11 atom stereocenters. The topological polar surface area (TPSA) is 77.8 Å². The predicted molar refractivity (Wildman–Crippen MR) is 161 cm³/mol. The summed E-state index contributed by atoms with van der Waals surface area (Å²) in [5.41, 5.74) is 4.88. The molecular weight excluding hydrogens is 508 g/mol. The van der Waals surface area contributed by atoms with Crippen LogP contribution in [0, 0.1) is 45.8 Å². The van der Waals surface area contributed by atoms with E-state index in [1.54, 1.807) is 0 Å². The zero-order chi connectivity index (χ0) is 28.7. The molecule has 0 bridgehead atoms. The van der Waals surface area contributed by atoms with Crippen molar-refractivity contribution in [2.75, 3.05) is 0 Å². The molecule has 41 heavy (non-hydrogen) atoms. The van der Waals surface area contributed by atoms with Crippen molar-refractivity contribution < 1.29 is 20.1 Å². The monoisotopic (exact) mass is 560 g/mol. The van der Waals surface area contributed by atoms with Crippen LogP contribution < -0.4 is 0 Å². The molecule has 1 aromatic rings. The van der Waals surface area contributed by atoms with Crippen LogP contribution in [0.4, 0.5) is 0 Å². The van der Waals surface area contributed by atoms with Crippen LogP contribution in [0.25, 0.3) is 0 Å². The molecule has 1 aromatic carbocycles. The van der Waals surface area contributed by atoms with Gasteiger partial charge in [-0.1, -0.05) is 32.4 Å². The number of benzene rings is 1. The van der Waals surface area contributed by atoms with Gasteiger partial charge in [0.25, 0.3) is 0 Å². The normalized spacial score (nSPS) is 47.8. The molecule has 7 aliphatic carbocycles. The second kappa shape index (κ2) is 9.94. The Morgan fingerprint density at radius 1 is 0.707 bits per heavy atom. The van der Waals surface area contributed by atoms with Crippen molar-refractivity contribution in [3.63, 3.8) is 0 Å². The van der Waals surface area contributed by atoms with Crippen molar-refractivity contribution in [2.45, 2.75) is 129 Å². The van der Waals surface area contributed by atoms with Crippen LogP contribution in [0.1, 0.15) is 121 Å². The van der Waals surface area contributed by atoms with Crippen molar-refractivity contribution in [3.8, 4) is 5.75 Å². The Bertz CT molecular complexity index is 1240. The zero-order valence-electron chi connectivity index (χ0n) is 25.6. The number of phenols is 1. The van der Waals surface area contributed by atoms with Gasteiger partial charge in [-0.05, 0) is 165 Å². The number of aryl methyl sites for hydroxylation is 1. The average Bonchev–Trinajstić information content (AvgIpc) is 3.43. The van der Waals surface area contributed by atoms with E-state index in [9.17, 15) is 20.1 Å². The highest BCUT2D eigenvalue weighted by molar-refractivity contribution is 5.91. The molecule has 3 N–H and O–H groups in total. The summed E-state index contributed by atoms with van der Waals surface area (Å²) >= 11 is 0. The van der Waals surface area contributed by atoms with Gasteiger partial charge in [-0.2, -0.15) is 0 Å². The molecule has 4 heteroatoms. The number of aliphatic hydroxyl groups is 2. The van der Waals surface area contributed by atoms with E-state index in [0.29, 0.717) is 29.3 Å². The number of hydrogen-bond donors (Lipinski definition) is 3. The van der Waals surface area contributed by atoms with Gasteiger partial charge < -0.3 is 15.3 Å². The molecule has 0 aliphatic heterocycles. The number of carbonyl (C=O) groups excluding carboxylic acids is 1. The number of carbonyl (C=O) groups is 1. The van der Waals surface area contributed by atoms with E-state index >= 15 is 0 Å². The molecule has 0 amide bonds. The average molecular weight is 561 g/mol. The zero-order valence-corrected chi connectivity index (χ0v) is 25.6. The summed E-state index contributed by atoms with van der Waals surface area (Å²) in [6.45, 7) is 7.08. The summed E-state index contributed by atoms with van der Waals surface area (Å²) in [5.74, 6) is 5.06. The van der Waals surface area contributed by atoms with Crippen LogP contribution in [0.3, 0.4) is 0 Å². The number of hydrogen-bond acceptors (Lipinski definition) is 4. The fourth-order valence-electron chi connectivity index (χ4n) is 12.1. The Hall–Kier alpha value is -1.65. The van der Waals surface area contributed by atoms with E-state index in [-0.39, 0.29) is 28.5 Å². The number of allylic oxidation sites excluding steroid dienone is 1. The third-order valence-electron chi connectivity index (χ3n) is 14.6. The minimum atomic E-state index is -0.0883. The Labute approximate surface area is 247 Å². The van der Waals surface area contributed by atoms with Crippen molar-refractivity contribution >= 4 is 5.78 Å². The summed E-state index contributed by atoms with van der Waals surface area (Å²) < 4.78 is 0. The van der Waals surface area contributed by atoms with Gasteiger partial charge in [0, 0.05) is 6.42 Å². The van der Waals surface area contributed by atoms with Crippen molar-refractivity contribution in [3.05, 3.63) is 41.0 Å². The van der Waals surface area contributed by atoms with E-state index in [2.05, 4.69) is 26.8 Å².